The van der Waals surface area contributed by atoms with Crippen molar-refractivity contribution in [3.63, 3.8) is 0 Å². The Hall–Kier alpha value is -1.07. The van der Waals surface area contributed by atoms with Crippen molar-refractivity contribution in [2.45, 2.75) is 26.0 Å². The highest BCUT2D eigenvalue weighted by molar-refractivity contribution is 7.91. The lowest BCUT2D eigenvalue weighted by molar-refractivity contribution is 0.101. The molecule has 4 nitrogen and oxygen atoms in total. The van der Waals surface area contributed by atoms with Crippen molar-refractivity contribution in [2.75, 3.05) is 12.4 Å². The third-order valence-corrected chi connectivity index (χ3v) is 5.07. The Bertz CT molecular complexity index is 564. The predicted molar refractivity (Wildman–Crippen MR) is 75.9 cm³/mol. The quantitative estimate of drug-likeness (QED) is 0.758. The second-order valence-corrected chi connectivity index (χ2v) is 7.57. The maximum Gasteiger partial charge on any atom is 0.163 e. The monoisotopic (exact) mass is 304 g/mol. The number of ether oxygens (including phenoxy) is 1. The molecule has 0 fully saturated rings. The molecule has 1 rings (SSSR count). The van der Waals surface area contributed by atoms with Gasteiger partial charge in [0.25, 0.3) is 0 Å². The predicted octanol–water partition coefficient (Wildman–Crippen LogP) is 2.74. The number of carbonyl (C=O) groups is 1. The number of hydrogen-bond donors (Lipinski definition) is 0. The molecule has 0 N–H and O–H groups in total. The molecule has 0 aliphatic carbocycles. The molecule has 0 spiro atoms. The highest BCUT2D eigenvalue weighted by Crippen LogP contribution is 2.23. The van der Waals surface area contributed by atoms with Crippen LogP contribution in [-0.4, -0.2) is 31.8 Å². The van der Waals surface area contributed by atoms with E-state index in [4.69, 9.17) is 16.3 Å². The summed E-state index contributed by atoms with van der Waals surface area (Å²) in [7, 11) is -3.15. The summed E-state index contributed by atoms with van der Waals surface area (Å²) in [4.78, 5) is 11.4. The Labute approximate surface area is 118 Å². The second kappa shape index (κ2) is 6.39. The highest BCUT2D eigenvalue weighted by Gasteiger charge is 2.17. The van der Waals surface area contributed by atoms with E-state index in [1.54, 1.807) is 26.0 Å². The van der Waals surface area contributed by atoms with Gasteiger partial charge in [0, 0.05) is 5.02 Å². The molecule has 6 heteroatoms. The van der Waals surface area contributed by atoms with Gasteiger partial charge in [-0.25, -0.2) is 8.42 Å². The minimum atomic E-state index is -3.15. The first-order chi connectivity index (χ1) is 8.74. The first-order valence-electron chi connectivity index (χ1n) is 5.89. The molecule has 0 bridgehead atoms. The topological polar surface area (TPSA) is 60.4 Å². The molecule has 0 radical (unpaired) electrons. The fourth-order valence-electron chi connectivity index (χ4n) is 1.41. The van der Waals surface area contributed by atoms with Gasteiger partial charge in [-0.2, -0.15) is 0 Å². The molecule has 0 unspecified atom stereocenters. The van der Waals surface area contributed by atoms with E-state index in [0.717, 1.165) is 0 Å². The van der Waals surface area contributed by atoms with Crippen LogP contribution in [0.4, 0.5) is 0 Å². The van der Waals surface area contributed by atoms with Gasteiger partial charge in [-0.3, -0.25) is 4.79 Å². The molecule has 0 saturated carbocycles. The van der Waals surface area contributed by atoms with Crippen LogP contribution in [0.15, 0.2) is 18.2 Å². The van der Waals surface area contributed by atoms with Crippen molar-refractivity contribution in [1.29, 1.82) is 0 Å². The van der Waals surface area contributed by atoms with Crippen LogP contribution in [0, 0.1) is 0 Å². The minimum absolute atomic E-state index is 0.0163. The van der Waals surface area contributed by atoms with Crippen molar-refractivity contribution in [2.24, 2.45) is 0 Å². The van der Waals surface area contributed by atoms with Crippen molar-refractivity contribution in [1.82, 2.24) is 0 Å². The lowest BCUT2D eigenvalue weighted by Crippen LogP contribution is -2.22. The van der Waals surface area contributed by atoms with Crippen LogP contribution in [0.5, 0.6) is 5.75 Å². The number of halogens is 1. The maximum atomic E-state index is 11.6. The zero-order chi connectivity index (χ0) is 14.6. The fourth-order valence-corrected chi connectivity index (χ4v) is 2.37. The van der Waals surface area contributed by atoms with E-state index in [-0.39, 0.29) is 18.1 Å². The Morgan fingerprint density at radius 1 is 1.37 bits per heavy atom. The Morgan fingerprint density at radius 2 is 2.00 bits per heavy atom. The van der Waals surface area contributed by atoms with Gasteiger partial charge in [0.2, 0.25) is 0 Å². The van der Waals surface area contributed by atoms with Crippen LogP contribution >= 0.6 is 11.6 Å². The summed E-state index contributed by atoms with van der Waals surface area (Å²) in [5.74, 6) is 0.102. The van der Waals surface area contributed by atoms with Crippen LogP contribution in [0.3, 0.4) is 0 Å². The molecular weight excluding hydrogens is 288 g/mol. The zero-order valence-electron chi connectivity index (χ0n) is 11.1. The van der Waals surface area contributed by atoms with Crippen LogP contribution in [0.1, 0.15) is 31.1 Å². The lowest BCUT2D eigenvalue weighted by atomic mass is 10.1. The van der Waals surface area contributed by atoms with E-state index in [1.807, 2.05) is 0 Å². The first-order valence-corrected chi connectivity index (χ1v) is 7.98. The molecule has 0 aliphatic heterocycles. The van der Waals surface area contributed by atoms with Crippen LogP contribution in [0.2, 0.25) is 5.02 Å². The highest BCUT2D eigenvalue weighted by atomic mass is 35.5. The molecule has 1 aromatic carbocycles. The standard InChI is InChI=1S/C13H17ClO4S/c1-9(2)19(16,17)7-6-18-13-5-4-11(14)8-12(13)10(3)15/h4-5,8-9H,6-7H2,1-3H3. The Kier molecular flexibility index (Phi) is 5.38. The average molecular weight is 305 g/mol. The van der Waals surface area contributed by atoms with Crippen LogP contribution in [-0.2, 0) is 9.84 Å². The summed E-state index contributed by atoms with van der Waals surface area (Å²) in [5, 5.41) is 0.000877. The number of ketones is 1. The van der Waals surface area contributed by atoms with Crippen molar-refractivity contribution in [3.05, 3.63) is 28.8 Å². The van der Waals surface area contributed by atoms with Crippen LogP contribution < -0.4 is 4.74 Å². The summed E-state index contributed by atoms with van der Waals surface area (Å²) in [6, 6.07) is 4.68. The van der Waals surface area contributed by atoms with Crippen molar-refractivity contribution >= 4 is 27.2 Å². The molecule has 0 saturated heterocycles. The smallest absolute Gasteiger partial charge is 0.163 e. The molecule has 0 aromatic heterocycles. The van der Waals surface area contributed by atoms with E-state index in [1.165, 1.54) is 13.0 Å². The van der Waals surface area contributed by atoms with Gasteiger partial charge in [-0.05, 0) is 39.0 Å². The van der Waals surface area contributed by atoms with Gasteiger partial charge in [0.05, 0.1) is 16.6 Å². The second-order valence-electron chi connectivity index (χ2n) is 4.46. The van der Waals surface area contributed by atoms with E-state index in [0.29, 0.717) is 16.3 Å². The van der Waals surface area contributed by atoms with Gasteiger partial charge in [0.15, 0.2) is 15.6 Å². The number of sulfone groups is 1. The summed E-state index contributed by atoms with van der Waals surface area (Å²) >= 11 is 5.81. The molecule has 0 heterocycles. The molecule has 106 valence electrons. The van der Waals surface area contributed by atoms with E-state index < -0.39 is 15.1 Å². The summed E-state index contributed by atoms with van der Waals surface area (Å²) in [6.45, 7) is 4.67. The van der Waals surface area contributed by atoms with Gasteiger partial charge in [-0.15, -0.1) is 0 Å². The molecule has 0 atom stereocenters. The lowest BCUT2D eigenvalue weighted by Gasteiger charge is -2.11. The van der Waals surface area contributed by atoms with Crippen molar-refractivity contribution in [3.8, 4) is 5.75 Å². The van der Waals surface area contributed by atoms with E-state index in [2.05, 4.69) is 0 Å². The molecule has 0 aliphatic rings. The van der Waals surface area contributed by atoms with E-state index in [9.17, 15) is 13.2 Å². The number of rotatable bonds is 6. The van der Waals surface area contributed by atoms with Gasteiger partial charge in [0.1, 0.15) is 12.4 Å². The first kappa shape index (κ1) is 16.0. The number of Topliss-reactive ketones (excluding diaryl/α,β-unsaturated/α-hetero) is 1. The Balaban J connectivity index is 2.77. The molecule has 0 amide bonds. The third-order valence-electron chi connectivity index (χ3n) is 2.66. The number of hydrogen-bond acceptors (Lipinski definition) is 4. The van der Waals surface area contributed by atoms with Gasteiger partial charge < -0.3 is 4.74 Å². The Morgan fingerprint density at radius 3 is 2.53 bits per heavy atom. The van der Waals surface area contributed by atoms with Gasteiger partial charge in [-0.1, -0.05) is 11.6 Å². The normalized spacial score (nSPS) is 11.6. The third kappa shape index (κ3) is 4.51. The van der Waals surface area contributed by atoms with Crippen molar-refractivity contribution < 1.29 is 17.9 Å². The van der Waals surface area contributed by atoms with E-state index >= 15 is 0 Å². The van der Waals surface area contributed by atoms with Gasteiger partial charge >= 0.3 is 0 Å². The molecular formula is C13H17ClO4S. The number of benzene rings is 1. The fraction of sp³-hybridized carbons (Fsp3) is 0.462. The van der Waals surface area contributed by atoms with Crippen LogP contribution in [0.25, 0.3) is 0 Å². The molecule has 1 aromatic rings. The summed E-state index contributed by atoms with van der Waals surface area (Å²) in [5.41, 5.74) is 0.356. The zero-order valence-corrected chi connectivity index (χ0v) is 12.7. The summed E-state index contributed by atoms with van der Waals surface area (Å²) < 4.78 is 28.6. The maximum absolute atomic E-state index is 11.6. The number of carbonyl (C=O) groups excluding carboxylic acids is 1. The average Bonchev–Trinajstić information content (AvgIpc) is 2.30. The largest absolute Gasteiger partial charge is 0.492 e. The SMILES string of the molecule is CC(=O)c1cc(Cl)ccc1OCCS(=O)(=O)C(C)C. The summed E-state index contributed by atoms with van der Waals surface area (Å²) in [6.07, 6.45) is 0. The minimum Gasteiger partial charge on any atom is -0.492 e. The molecule has 19 heavy (non-hydrogen) atoms.